The number of furan rings is 1. The molecule has 0 aliphatic carbocycles. The van der Waals surface area contributed by atoms with Crippen molar-refractivity contribution in [1.29, 1.82) is 0 Å². The summed E-state index contributed by atoms with van der Waals surface area (Å²) in [6, 6.07) is 10.7. The van der Waals surface area contributed by atoms with Gasteiger partial charge in [0.1, 0.15) is 5.58 Å². The molecule has 2 aromatic carbocycles. The number of carboxylic acids is 1. The molecule has 2 heterocycles. The predicted octanol–water partition coefficient (Wildman–Crippen LogP) is 4.30. The van der Waals surface area contributed by atoms with E-state index in [1.807, 2.05) is 25.1 Å². The van der Waals surface area contributed by atoms with Gasteiger partial charge in [-0.15, -0.1) is 11.3 Å². The third-order valence-corrected chi connectivity index (χ3v) is 4.75. The van der Waals surface area contributed by atoms with E-state index in [1.165, 1.54) is 11.3 Å². The Bertz CT molecular complexity index is 1080. The quantitative estimate of drug-likeness (QED) is 0.574. The number of thiazole rings is 1. The maximum Gasteiger partial charge on any atom is 0.335 e. The molecule has 0 aliphatic heterocycles. The average Bonchev–Trinajstić information content (AvgIpc) is 3.08. The van der Waals surface area contributed by atoms with Gasteiger partial charge in [-0.05, 0) is 37.3 Å². The molecule has 0 spiro atoms. The second-order valence-corrected chi connectivity index (χ2v) is 6.38. The number of aromatic carboxylic acids is 1. The maximum absolute atomic E-state index is 11.1. The minimum atomic E-state index is -0.972. The van der Waals surface area contributed by atoms with E-state index in [9.17, 15) is 4.79 Å². The minimum absolute atomic E-state index is 0.211. The van der Waals surface area contributed by atoms with Gasteiger partial charge in [-0.3, -0.25) is 0 Å². The summed E-state index contributed by atoms with van der Waals surface area (Å²) in [6.07, 6.45) is 0. The summed E-state index contributed by atoms with van der Waals surface area (Å²) >= 11 is 1.43. The van der Waals surface area contributed by atoms with E-state index in [1.54, 1.807) is 18.2 Å². The molecule has 0 amide bonds. The Hall–Kier alpha value is -2.86. The van der Waals surface area contributed by atoms with E-state index in [0.717, 1.165) is 15.6 Å². The average molecular weight is 324 g/mol. The zero-order valence-electron chi connectivity index (χ0n) is 12.2. The molecule has 0 unspecified atom stereocenters. The Balaban J connectivity index is 1.91. The zero-order valence-corrected chi connectivity index (χ0v) is 13.0. The SMILES string of the molecule is Cc1ccc2oc(-c3nc4cc(C(=O)O)ccc4s3)c(N)c2c1. The Morgan fingerprint density at radius 2 is 2.09 bits per heavy atom. The lowest BCUT2D eigenvalue weighted by Gasteiger charge is -1.92. The van der Waals surface area contributed by atoms with Crippen LogP contribution in [0.5, 0.6) is 0 Å². The van der Waals surface area contributed by atoms with Crippen molar-refractivity contribution in [3.8, 4) is 10.8 Å². The minimum Gasteiger partial charge on any atom is -0.478 e. The number of rotatable bonds is 2. The summed E-state index contributed by atoms with van der Waals surface area (Å²) in [5.41, 5.74) is 9.43. The number of nitrogens with zero attached hydrogens (tertiary/aromatic N) is 1. The number of aryl methyl sites for hydroxylation is 1. The number of nitrogen functional groups attached to an aromatic ring is 1. The Morgan fingerprint density at radius 1 is 1.26 bits per heavy atom. The van der Waals surface area contributed by atoms with Gasteiger partial charge in [0, 0.05) is 5.39 Å². The van der Waals surface area contributed by atoms with Crippen LogP contribution in [0.25, 0.3) is 32.0 Å². The molecule has 0 atom stereocenters. The molecule has 23 heavy (non-hydrogen) atoms. The number of fused-ring (bicyclic) bond motifs is 2. The summed E-state index contributed by atoms with van der Waals surface area (Å²) in [5.74, 6) is -0.441. The number of carboxylic acid groups (broad SMARTS) is 1. The number of nitrogens with two attached hydrogens (primary N) is 1. The summed E-state index contributed by atoms with van der Waals surface area (Å²) in [6.45, 7) is 2.00. The highest BCUT2D eigenvalue weighted by Crippen LogP contribution is 2.39. The van der Waals surface area contributed by atoms with Crippen LogP contribution in [0.3, 0.4) is 0 Å². The molecular formula is C17H12N2O3S. The fraction of sp³-hybridized carbons (Fsp3) is 0.0588. The molecule has 0 radical (unpaired) electrons. The van der Waals surface area contributed by atoms with Gasteiger partial charge in [0.25, 0.3) is 0 Å². The lowest BCUT2D eigenvalue weighted by atomic mass is 10.1. The first-order valence-electron chi connectivity index (χ1n) is 6.96. The van der Waals surface area contributed by atoms with Crippen molar-refractivity contribution < 1.29 is 14.3 Å². The van der Waals surface area contributed by atoms with Crippen molar-refractivity contribution in [3.05, 3.63) is 47.5 Å². The van der Waals surface area contributed by atoms with Gasteiger partial charge in [0.15, 0.2) is 10.8 Å². The molecule has 6 heteroatoms. The second kappa shape index (κ2) is 4.82. The maximum atomic E-state index is 11.1. The van der Waals surface area contributed by atoms with E-state index >= 15 is 0 Å². The van der Waals surface area contributed by atoms with Gasteiger partial charge < -0.3 is 15.3 Å². The van der Waals surface area contributed by atoms with Crippen LogP contribution in [-0.2, 0) is 0 Å². The molecule has 4 rings (SSSR count). The van der Waals surface area contributed by atoms with E-state index < -0.39 is 5.97 Å². The van der Waals surface area contributed by atoms with Crippen LogP contribution < -0.4 is 5.73 Å². The number of anilines is 1. The highest BCUT2D eigenvalue weighted by atomic mass is 32.1. The normalized spacial score (nSPS) is 11.3. The first-order chi connectivity index (χ1) is 11.0. The largest absolute Gasteiger partial charge is 0.478 e. The van der Waals surface area contributed by atoms with Crippen LogP contribution in [0.1, 0.15) is 15.9 Å². The highest BCUT2D eigenvalue weighted by Gasteiger charge is 2.18. The van der Waals surface area contributed by atoms with Crippen LogP contribution in [0.15, 0.2) is 40.8 Å². The van der Waals surface area contributed by atoms with Crippen LogP contribution in [0.4, 0.5) is 5.69 Å². The summed E-state index contributed by atoms with van der Waals surface area (Å²) in [7, 11) is 0. The van der Waals surface area contributed by atoms with Gasteiger partial charge in [0.05, 0.1) is 21.5 Å². The molecule has 3 N–H and O–H groups in total. The Kier molecular flexibility index (Phi) is 2.89. The van der Waals surface area contributed by atoms with Crippen molar-refractivity contribution in [2.24, 2.45) is 0 Å². The number of benzene rings is 2. The Labute approximate surface area is 135 Å². The molecule has 0 aliphatic rings. The third-order valence-electron chi connectivity index (χ3n) is 3.71. The fourth-order valence-electron chi connectivity index (χ4n) is 2.55. The van der Waals surface area contributed by atoms with Crippen molar-refractivity contribution in [2.75, 3.05) is 5.73 Å². The van der Waals surface area contributed by atoms with Crippen molar-refractivity contribution in [2.45, 2.75) is 6.92 Å². The number of hydrogen-bond donors (Lipinski definition) is 2. The molecule has 114 valence electrons. The first kappa shape index (κ1) is 13.8. The van der Waals surface area contributed by atoms with Gasteiger partial charge >= 0.3 is 5.97 Å². The molecule has 5 nitrogen and oxygen atoms in total. The summed E-state index contributed by atoms with van der Waals surface area (Å²) < 4.78 is 6.74. The van der Waals surface area contributed by atoms with Crippen LogP contribution in [0.2, 0.25) is 0 Å². The second-order valence-electron chi connectivity index (χ2n) is 5.35. The summed E-state index contributed by atoms with van der Waals surface area (Å²) in [4.78, 5) is 15.5. The summed E-state index contributed by atoms with van der Waals surface area (Å²) in [5, 5.41) is 10.6. The van der Waals surface area contributed by atoms with E-state index in [0.29, 0.717) is 27.6 Å². The monoisotopic (exact) mass is 324 g/mol. The topological polar surface area (TPSA) is 89.3 Å². The molecule has 4 aromatic rings. The molecule has 0 saturated carbocycles. The highest BCUT2D eigenvalue weighted by molar-refractivity contribution is 7.21. The van der Waals surface area contributed by atoms with Gasteiger partial charge in [0.2, 0.25) is 0 Å². The molecule has 0 saturated heterocycles. The van der Waals surface area contributed by atoms with Crippen LogP contribution >= 0.6 is 11.3 Å². The smallest absolute Gasteiger partial charge is 0.335 e. The first-order valence-corrected chi connectivity index (χ1v) is 7.77. The zero-order chi connectivity index (χ0) is 16.1. The van der Waals surface area contributed by atoms with Gasteiger partial charge in [-0.25, -0.2) is 9.78 Å². The van der Waals surface area contributed by atoms with Crippen LogP contribution in [0, 0.1) is 6.92 Å². The van der Waals surface area contributed by atoms with Crippen molar-refractivity contribution >= 4 is 44.2 Å². The molecule has 2 aromatic heterocycles. The van der Waals surface area contributed by atoms with E-state index in [-0.39, 0.29) is 5.56 Å². The van der Waals surface area contributed by atoms with E-state index in [2.05, 4.69) is 4.98 Å². The van der Waals surface area contributed by atoms with Gasteiger partial charge in [-0.2, -0.15) is 0 Å². The Morgan fingerprint density at radius 3 is 2.87 bits per heavy atom. The fourth-order valence-corrected chi connectivity index (χ4v) is 3.49. The van der Waals surface area contributed by atoms with Crippen molar-refractivity contribution in [1.82, 2.24) is 4.98 Å². The lowest BCUT2D eigenvalue weighted by Crippen LogP contribution is -1.94. The van der Waals surface area contributed by atoms with E-state index in [4.69, 9.17) is 15.3 Å². The molecule has 0 fully saturated rings. The van der Waals surface area contributed by atoms with Gasteiger partial charge in [-0.1, -0.05) is 11.6 Å². The number of carbonyl (C=O) groups is 1. The molecule has 0 bridgehead atoms. The number of aromatic nitrogens is 1. The standard InChI is InChI=1S/C17H12N2O3S/c1-8-2-4-12-10(6-8)14(18)15(22-12)16-19-11-7-9(17(20)21)3-5-13(11)23-16/h2-7H,18H2,1H3,(H,20,21). The molecular weight excluding hydrogens is 312 g/mol. The third kappa shape index (κ3) is 2.15. The number of hydrogen-bond acceptors (Lipinski definition) is 5. The lowest BCUT2D eigenvalue weighted by molar-refractivity contribution is 0.0697. The predicted molar refractivity (Wildman–Crippen MR) is 90.9 cm³/mol. The van der Waals surface area contributed by atoms with Crippen LogP contribution in [-0.4, -0.2) is 16.1 Å². The van der Waals surface area contributed by atoms with Crippen molar-refractivity contribution in [3.63, 3.8) is 0 Å².